The van der Waals surface area contributed by atoms with Crippen molar-refractivity contribution in [1.29, 1.82) is 0 Å². The van der Waals surface area contributed by atoms with Crippen LogP contribution in [0.2, 0.25) is 5.02 Å². The van der Waals surface area contributed by atoms with Crippen molar-refractivity contribution < 1.29 is 4.74 Å². The molecule has 2 unspecified atom stereocenters. The van der Waals surface area contributed by atoms with Gasteiger partial charge >= 0.3 is 0 Å². The smallest absolute Gasteiger partial charge is 0.127 e. The van der Waals surface area contributed by atoms with Crippen molar-refractivity contribution in [2.75, 3.05) is 19.7 Å². The summed E-state index contributed by atoms with van der Waals surface area (Å²) in [5.74, 6) is 1.08. The molecule has 0 aromatic heterocycles. The molecule has 0 saturated carbocycles. The van der Waals surface area contributed by atoms with Crippen molar-refractivity contribution in [1.82, 2.24) is 10.2 Å². The summed E-state index contributed by atoms with van der Waals surface area (Å²) >= 11 is 6.26. The molecule has 2 aliphatic rings. The molecule has 0 bridgehead atoms. The Morgan fingerprint density at radius 2 is 2.30 bits per heavy atom. The van der Waals surface area contributed by atoms with Gasteiger partial charge in [0.15, 0.2) is 0 Å². The quantitative estimate of drug-likeness (QED) is 0.928. The maximum absolute atomic E-state index is 6.26. The molecule has 20 heavy (non-hydrogen) atoms. The molecule has 0 aliphatic carbocycles. The molecule has 3 nitrogen and oxygen atoms in total. The van der Waals surface area contributed by atoms with E-state index in [1.807, 2.05) is 6.07 Å². The fourth-order valence-corrected chi connectivity index (χ4v) is 3.57. The Morgan fingerprint density at radius 1 is 1.45 bits per heavy atom. The number of rotatable bonds is 3. The van der Waals surface area contributed by atoms with E-state index in [1.165, 1.54) is 17.5 Å². The Labute approximate surface area is 126 Å². The average Bonchev–Trinajstić information content (AvgIpc) is 2.87. The monoisotopic (exact) mass is 294 g/mol. The number of hydrogen-bond donors (Lipinski definition) is 1. The van der Waals surface area contributed by atoms with Gasteiger partial charge in [0.05, 0.1) is 6.61 Å². The molecule has 110 valence electrons. The van der Waals surface area contributed by atoms with Gasteiger partial charge in [-0.25, -0.2) is 0 Å². The minimum Gasteiger partial charge on any atom is -0.493 e. The molecule has 4 heteroatoms. The number of halogens is 1. The van der Waals surface area contributed by atoms with Crippen molar-refractivity contribution in [2.45, 2.75) is 45.3 Å². The lowest BCUT2D eigenvalue weighted by Crippen LogP contribution is -2.54. The second kappa shape index (κ2) is 5.92. The Morgan fingerprint density at radius 3 is 3.10 bits per heavy atom. The fourth-order valence-electron chi connectivity index (χ4n) is 3.31. The zero-order valence-corrected chi connectivity index (χ0v) is 13.0. The molecule has 1 saturated heterocycles. The lowest BCUT2D eigenvalue weighted by Gasteiger charge is -2.39. The van der Waals surface area contributed by atoms with Crippen molar-refractivity contribution in [3.05, 3.63) is 28.3 Å². The Kier molecular flexibility index (Phi) is 4.20. The molecular formula is C16H23ClN2O. The number of nitrogens with zero attached hydrogens (tertiary/aromatic N) is 1. The zero-order chi connectivity index (χ0) is 14.1. The third-order valence-corrected chi connectivity index (χ3v) is 4.61. The summed E-state index contributed by atoms with van der Waals surface area (Å²) in [6, 6.07) is 5.27. The van der Waals surface area contributed by atoms with E-state index in [0.717, 1.165) is 43.4 Å². The van der Waals surface area contributed by atoms with Crippen LogP contribution in [0, 0.1) is 0 Å². The van der Waals surface area contributed by atoms with Crippen molar-refractivity contribution in [3.8, 4) is 5.75 Å². The maximum atomic E-state index is 6.26. The number of ether oxygens (including phenoxy) is 1. The second-order valence-electron chi connectivity index (χ2n) is 5.95. The minimum atomic E-state index is 0.547. The molecule has 0 amide bonds. The highest BCUT2D eigenvalue weighted by atomic mass is 35.5. The van der Waals surface area contributed by atoms with Crippen LogP contribution < -0.4 is 10.1 Å². The van der Waals surface area contributed by atoms with Crippen LogP contribution in [-0.2, 0) is 13.0 Å². The molecule has 2 aliphatic heterocycles. The highest BCUT2D eigenvalue weighted by Gasteiger charge is 2.26. The number of piperazine rings is 1. The van der Waals surface area contributed by atoms with E-state index in [4.69, 9.17) is 16.3 Å². The van der Waals surface area contributed by atoms with E-state index in [1.54, 1.807) is 0 Å². The van der Waals surface area contributed by atoms with Gasteiger partial charge in [0, 0.05) is 48.7 Å². The minimum absolute atomic E-state index is 0.547. The number of hydrogen-bond acceptors (Lipinski definition) is 3. The number of fused-ring (bicyclic) bond motifs is 1. The van der Waals surface area contributed by atoms with Crippen LogP contribution in [0.1, 0.15) is 31.4 Å². The van der Waals surface area contributed by atoms with Gasteiger partial charge in [0.25, 0.3) is 0 Å². The van der Waals surface area contributed by atoms with E-state index in [9.17, 15) is 0 Å². The molecule has 3 rings (SSSR count). The molecular weight excluding hydrogens is 272 g/mol. The third-order valence-electron chi connectivity index (χ3n) is 4.40. The first kappa shape index (κ1) is 14.2. The van der Waals surface area contributed by atoms with Gasteiger partial charge < -0.3 is 10.1 Å². The van der Waals surface area contributed by atoms with Crippen LogP contribution in [0.5, 0.6) is 5.75 Å². The predicted octanol–water partition coefficient (Wildman–Crippen LogP) is 2.85. The van der Waals surface area contributed by atoms with Crippen molar-refractivity contribution in [3.63, 3.8) is 0 Å². The van der Waals surface area contributed by atoms with Crippen LogP contribution in [0.4, 0.5) is 0 Å². The molecule has 1 aromatic carbocycles. The molecule has 0 spiro atoms. The Bertz CT molecular complexity index is 492. The van der Waals surface area contributed by atoms with E-state index in [0.29, 0.717) is 12.1 Å². The van der Waals surface area contributed by atoms with Gasteiger partial charge in [0.1, 0.15) is 5.75 Å². The lowest BCUT2D eigenvalue weighted by molar-refractivity contribution is 0.123. The molecule has 1 fully saturated rings. The van der Waals surface area contributed by atoms with Gasteiger partial charge in [-0.3, -0.25) is 4.90 Å². The van der Waals surface area contributed by atoms with Gasteiger partial charge in [-0.05, 0) is 31.0 Å². The molecule has 0 radical (unpaired) electrons. The first-order valence-corrected chi connectivity index (χ1v) is 7.96. The largest absolute Gasteiger partial charge is 0.493 e. The van der Waals surface area contributed by atoms with Crippen molar-refractivity contribution >= 4 is 11.6 Å². The zero-order valence-electron chi connectivity index (χ0n) is 12.3. The highest BCUT2D eigenvalue weighted by Crippen LogP contribution is 2.34. The maximum Gasteiger partial charge on any atom is 0.127 e. The van der Waals surface area contributed by atoms with Gasteiger partial charge in [-0.1, -0.05) is 18.5 Å². The van der Waals surface area contributed by atoms with E-state index >= 15 is 0 Å². The van der Waals surface area contributed by atoms with E-state index in [-0.39, 0.29) is 0 Å². The molecule has 1 N–H and O–H groups in total. The summed E-state index contributed by atoms with van der Waals surface area (Å²) in [6.07, 6.45) is 2.15. The standard InChI is InChI=1S/C16H23ClN2O/c1-3-15-8-18-11(2)9-19(15)10-13-7-14(17)6-12-4-5-20-16(12)13/h6-7,11,15,18H,3-5,8-10H2,1-2H3. The lowest BCUT2D eigenvalue weighted by atomic mass is 10.0. The predicted molar refractivity (Wildman–Crippen MR) is 82.6 cm³/mol. The van der Waals surface area contributed by atoms with Crippen LogP contribution >= 0.6 is 11.6 Å². The normalized spacial score (nSPS) is 26.4. The van der Waals surface area contributed by atoms with Crippen LogP contribution in [-0.4, -0.2) is 36.7 Å². The summed E-state index contributed by atoms with van der Waals surface area (Å²) in [5.41, 5.74) is 2.52. The van der Waals surface area contributed by atoms with Crippen molar-refractivity contribution in [2.24, 2.45) is 0 Å². The summed E-state index contributed by atoms with van der Waals surface area (Å²) in [4.78, 5) is 2.56. The summed E-state index contributed by atoms with van der Waals surface area (Å²) in [7, 11) is 0. The van der Waals surface area contributed by atoms with Crippen LogP contribution in [0.15, 0.2) is 12.1 Å². The average molecular weight is 295 g/mol. The van der Waals surface area contributed by atoms with Gasteiger partial charge in [-0.15, -0.1) is 0 Å². The van der Waals surface area contributed by atoms with Gasteiger partial charge in [0.2, 0.25) is 0 Å². The molecule has 2 atom stereocenters. The fraction of sp³-hybridized carbons (Fsp3) is 0.625. The first-order valence-electron chi connectivity index (χ1n) is 7.59. The second-order valence-corrected chi connectivity index (χ2v) is 6.39. The molecule has 2 heterocycles. The van der Waals surface area contributed by atoms with E-state index in [2.05, 4.69) is 30.1 Å². The third kappa shape index (κ3) is 2.80. The van der Waals surface area contributed by atoms with Crippen LogP contribution in [0.25, 0.3) is 0 Å². The van der Waals surface area contributed by atoms with Crippen LogP contribution in [0.3, 0.4) is 0 Å². The Balaban J connectivity index is 1.83. The van der Waals surface area contributed by atoms with Gasteiger partial charge in [-0.2, -0.15) is 0 Å². The van der Waals surface area contributed by atoms with E-state index < -0.39 is 0 Å². The molecule has 1 aromatic rings. The Hall–Kier alpha value is -0.770. The topological polar surface area (TPSA) is 24.5 Å². The highest BCUT2D eigenvalue weighted by molar-refractivity contribution is 6.30. The summed E-state index contributed by atoms with van der Waals surface area (Å²) < 4.78 is 5.82. The summed E-state index contributed by atoms with van der Waals surface area (Å²) in [5, 5.41) is 4.40. The first-order chi connectivity index (χ1) is 9.67. The SMILES string of the molecule is CCC1CNC(C)CN1Cc1cc(Cl)cc2c1OCC2. The summed E-state index contributed by atoms with van der Waals surface area (Å²) in [6.45, 7) is 8.39. The number of benzene rings is 1. The number of nitrogens with one attached hydrogen (secondary N) is 1.